The summed E-state index contributed by atoms with van der Waals surface area (Å²) in [6, 6.07) is 19.9. The summed E-state index contributed by atoms with van der Waals surface area (Å²) in [5.74, 6) is 2.32. The molecule has 0 aliphatic rings. The number of ether oxygens (including phenoxy) is 3. The zero-order valence-corrected chi connectivity index (χ0v) is 21.1. The molecule has 38 heavy (non-hydrogen) atoms. The van der Waals surface area contributed by atoms with E-state index in [1.165, 1.54) is 11.9 Å². The minimum Gasteiger partial charge on any atom is -0.493 e. The highest BCUT2D eigenvalue weighted by atomic mass is 16.5. The SMILES string of the molecule is CCc1ccccc1-c1cc(NC(=O)Nc2cccc(Oc3ncnc4cc(OC)c(OC)cc34)c2)n[nH]1. The molecule has 2 heterocycles. The fraction of sp³-hybridized carbons (Fsp3) is 0.143. The van der Waals surface area contributed by atoms with Gasteiger partial charge >= 0.3 is 6.03 Å². The van der Waals surface area contributed by atoms with Crippen LogP contribution in [0, 0.1) is 0 Å². The van der Waals surface area contributed by atoms with Crippen LogP contribution in [0.4, 0.5) is 16.3 Å². The highest BCUT2D eigenvalue weighted by molar-refractivity contribution is 5.99. The van der Waals surface area contributed by atoms with Gasteiger partial charge in [0.2, 0.25) is 5.88 Å². The molecule has 5 aromatic rings. The maximum Gasteiger partial charge on any atom is 0.324 e. The summed E-state index contributed by atoms with van der Waals surface area (Å²) in [6.07, 6.45) is 2.31. The quantitative estimate of drug-likeness (QED) is 0.233. The molecule has 0 bridgehead atoms. The van der Waals surface area contributed by atoms with Crippen molar-refractivity contribution in [1.29, 1.82) is 0 Å². The summed E-state index contributed by atoms with van der Waals surface area (Å²) in [5.41, 5.74) is 4.25. The van der Waals surface area contributed by atoms with E-state index in [1.54, 1.807) is 56.7 Å². The Balaban J connectivity index is 1.29. The van der Waals surface area contributed by atoms with Crippen molar-refractivity contribution in [2.45, 2.75) is 13.3 Å². The van der Waals surface area contributed by atoms with Gasteiger partial charge in [-0.2, -0.15) is 5.10 Å². The highest BCUT2D eigenvalue weighted by Crippen LogP contribution is 2.36. The summed E-state index contributed by atoms with van der Waals surface area (Å²) in [6.45, 7) is 2.10. The normalized spacial score (nSPS) is 10.7. The predicted octanol–water partition coefficient (Wildman–Crippen LogP) is 6.04. The number of rotatable bonds is 8. The molecule has 10 heteroatoms. The van der Waals surface area contributed by atoms with Gasteiger partial charge in [-0.25, -0.2) is 14.8 Å². The van der Waals surface area contributed by atoms with Crippen molar-refractivity contribution in [3.63, 3.8) is 0 Å². The van der Waals surface area contributed by atoms with Gasteiger partial charge in [0.15, 0.2) is 17.3 Å². The first-order chi connectivity index (χ1) is 18.6. The Hall–Kier alpha value is -5.12. The van der Waals surface area contributed by atoms with E-state index in [0.29, 0.717) is 45.5 Å². The number of nitrogens with one attached hydrogen (secondary N) is 3. The van der Waals surface area contributed by atoms with Gasteiger partial charge in [0, 0.05) is 29.4 Å². The number of methoxy groups -OCH3 is 2. The predicted molar refractivity (Wildman–Crippen MR) is 145 cm³/mol. The lowest BCUT2D eigenvalue weighted by molar-refractivity contribution is 0.262. The third-order valence-electron chi connectivity index (χ3n) is 5.92. The van der Waals surface area contributed by atoms with Gasteiger partial charge in [0.05, 0.1) is 30.8 Å². The Morgan fingerprint density at radius 1 is 0.921 bits per heavy atom. The van der Waals surface area contributed by atoms with Crippen LogP contribution in [0.2, 0.25) is 0 Å². The molecule has 3 N–H and O–H groups in total. The number of H-pyrrole nitrogens is 1. The van der Waals surface area contributed by atoms with Crippen LogP contribution < -0.4 is 24.8 Å². The summed E-state index contributed by atoms with van der Waals surface area (Å²) in [5, 5.41) is 13.4. The molecular formula is C28H26N6O4. The zero-order valence-electron chi connectivity index (χ0n) is 21.1. The maximum absolute atomic E-state index is 12.7. The molecule has 2 aromatic heterocycles. The van der Waals surface area contributed by atoms with E-state index in [0.717, 1.165) is 17.7 Å². The molecule has 0 saturated carbocycles. The zero-order chi connectivity index (χ0) is 26.5. The van der Waals surface area contributed by atoms with E-state index in [2.05, 4.69) is 43.8 Å². The number of aromatic nitrogens is 4. The Bertz CT molecular complexity index is 1600. The van der Waals surface area contributed by atoms with Crippen LogP contribution in [0.25, 0.3) is 22.2 Å². The Labute approximate surface area is 219 Å². The number of aryl methyl sites for hydroxylation is 1. The van der Waals surface area contributed by atoms with Crippen LogP contribution >= 0.6 is 0 Å². The first-order valence-electron chi connectivity index (χ1n) is 11.9. The number of carbonyl (C=O) groups excluding carboxylic acids is 1. The number of carbonyl (C=O) groups is 1. The first-order valence-corrected chi connectivity index (χ1v) is 11.9. The number of hydrogen-bond donors (Lipinski definition) is 3. The van der Waals surface area contributed by atoms with E-state index in [4.69, 9.17) is 14.2 Å². The molecule has 0 aliphatic heterocycles. The molecule has 0 fully saturated rings. The van der Waals surface area contributed by atoms with Crippen molar-refractivity contribution >= 4 is 28.4 Å². The number of fused-ring (bicyclic) bond motifs is 1. The first kappa shape index (κ1) is 24.6. The van der Waals surface area contributed by atoms with Crippen molar-refractivity contribution in [1.82, 2.24) is 20.2 Å². The second-order valence-electron chi connectivity index (χ2n) is 8.29. The van der Waals surface area contributed by atoms with Gasteiger partial charge in [-0.1, -0.05) is 37.3 Å². The molecule has 0 aliphatic carbocycles. The van der Waals surface area contributed by atoms with Crippen LogP contribution in [-0.2, 0) is 6.42 Å². The van der Waals surface area contributed by atoms with Crippen LogP contribution in [0.1, 0.15) is 12.5 Å². The van der Waals surface area contributed by atoms with Crippen molar-refractivity contribution < 1.29 is 19.0 Å². The molecular weight excluding hydrogens is 484 g/mol. The van der Waals surface area contributed by atoms with Crippen molar-refractivity contribution in [2.75, 3.05) is 24.9 Å². The molecule has 0 spiro atoms. The molecule has 10 nitrogen and oxygen atoms in total. The Morgan fingerprint density at radius 3 is 2.55 bits per heavy atom. The van der Waals surface area contributed by atoms with Crippen LogP contribution in [-0.4, -0.2) is 40.4 Å². The fourth-order valence-corrected chi connectivity index (χ4v) is 4.08. The van der Waals surface area contributed by atoms with Gasteiger partial charge < -0.3 is 19.5 Å². The van der Waals surface area contributed by atoms with E-state index < -0.39 is 6.03 Å². The third-order valence-corrected chi connectivity index (χ3v) is 5.92. The molecule has 2 amide bonds. The number of amides is 2. The summed E-state index contributed by atoms with van der Waals surface area (Å²) < 4.78 is 16.8. The molecule has 192 valence electrons. The van der Waals surface area contributed by atoms with Gasteiger partial charge in [-0.3, -0.25) is 10.4 Å². The number of benzene rings is 3. The number of hydrogen-bond acceptors (Lipinski definition) is 7. The summed E-state index contributed by atoms with van der Waals surface area (Å²) in [7, 11) is 3.12. The van der Waals surface area contributed by atoms with Crippen LogP contribution in [0.5, 0.6) is 23.1 Å². The number of urea groups is 1. The molecule has 5 rings (SSSR count). The van der Waals surface area contributed by atoms with E-state index >= 15 is 0 Å². The minimum atomic E-state index is -0.437. The van der Waals surface area contributed by atoms with E-state index in [-0.39, 0.29) is 0 Å². The summed E-state index contributed by atoms with van der Waals surface area (Å²) >= 11 is 0. The number of aromatic amines is 1. The van der Waals surface area contributed by atoms with Crippen LogP contribution in [0.3, 0.4) is 0 Å². The van der Waals surface area contributed by atoms with Crippen molar-refractivity contribution in [3.8, 4) is 34.4 Å². The van der Waals surface area contributed by atoms with Crippen LogP contribution in [0.15, 0.2) is 73.1 Å². The molecule has 0 atom stereocenters. The monoisotopic (exact) mass is 510 g/mol. The second kappa shape index (κ2) is 10.9. The fourth-order valence-electron chi connectivity index (χ4n) is 4.08. The minimum absolute atomic E-state index is 0.342. The van der Waals surface area contributed by atoms with Crippen molar-refractivity contribution in [2.24, 2.45) is 0 Å². The summed E-state index contributed by atoms with van der Waals surface area (Å²) in [4.78, 5) is 21.2. The van der Waals surface area contributed by atoms with Crippen molar-refractivity contribution in [3.05, 3.63) is 78.6 Å². The lowest BCUT2D eigenvalue weighted by atomic mass is 10.0. The molecule has 0 unspecified atom stereocenters. The number of anilines is 2. The maximum atomic E-state index is 12.7. The second-order valence-corrected chi connectivity index (χ2v) is 8.29. The average molecular weight is 511 g/mol. The van der Waals surface area contributed by atoms with Gasteiger partial charge in [-0.15, -0.1) is 0 Å². The van der Waals surface area contributed by atoms with Gasteiger partial charge in [0.1, 0.15) is 12.1 Å². The van der Waals surface area contributed by atoms with E-state index in [1.807, 2.05) is 18.2 Å². The Kier molecular flexibility index (Phi) is 7.03. The molecule has 0 saturated heterocycles. The van der Waals surface area contributed by atoms with Gasteiger partial charge in [0.25, 0.3) is 0 Å². The largest absolute Gasteiger partial charge is 0.493 e. The number of nitrogens with zero attached hydrogens (tertiary/aromatic N) is 3. The smallest absolute Gasteiger partial charge is 0.324 e. The highest BCUT2D eigenvalue weighted by Gasteiger charge is 2.14. The molecule has 0 radical (unpaired) electrons. The average Bonchev–Trinajstić information content (AvgIpc) is 3.40. The third kappa shape index (κ3) is 5.19. The van der Waals surface area contributed by atoms with Gasteiger partial charge in [-0.05, 0) is 30.2 Å². The Morgan fingerprint density at radius 2 is 1.74 bits per heavy atom. The van der Waals surface area contributed by atoms with E-state index in [9.17, 15) is 4.79 Å². The molecule has 3 aromatic carbocycles. The lowest BCUT2D eigenvalue weighted by Crippen LogP contribution is -2.19. The topological polar surface area (TPSA) is 123 Å². The lowest BCUT2D eigenvalue weighted by Gasteiger charge is -2.12. The standard InChI is InChI=1S/C28H26N6O4/c1-4-17-8-5-6-11-20(17)23-15-26(34-33-23)32-28(35)31-18-9-7-10-19(12-18)38-27-21-13-24(36-2)25(37-3)14-22(21)29-16-30-27/h5-16H,4H2,1-3H3,(H3,31,32,33,34,35).